The first-order valence-corrected chi connectivity index (χ1v) is 6.54. The van der Waals surface area contributed by atoms with Gasteiger partial charge in [0.2, 0.25) is 0 Å². The van der Waals surface area contributed by atoms with Gasteiger partial charge in [0, 0.05) is 35.8 Å². The Bertz CT molecular complexity index is 716. The molecule has 3 N–H and O–H groups in total. The first-order chi connectivity index (χ1) is 9.79. The number of nitrogens with two attached hydrogens (primary N) is 1. The first-order valence-electron chi connectivity index (χ1n) is 6.54. The Kier molecular flexibility index (Phi) is 3.31. The van der Waals surface area contributed by atoms with Crippen LogP contribution >= 0.6 is 0 Å². The third-order valence-electron chi connectivity index (χ3n) is 3.35. The lowest BCUT2D eigenvalue weighted by atomic mass is 9.99. The lowest BCUT2D eigenvalue weighted by Crippen LogP contribution is -1.96. The molecule has 0 spiro atoms. The van der Waals surface area contributed by atoms with Crippen molar-refractivity contribution in [3.8, 4) is 22.4 Å². The van der Waals surface area contributed by atoms with E-state index < -0.39 is 0 Å². The molecule has 0 bridgehead atoms. The molecule has 0 saturated heterocycles. The minimum absolute atomic E-state index is 0.530. The standard InChI is InChI=1S/C16H16N4/c1-11-15(13-5-7-18-8-6-13)16(20-19-11)14-4-2-3-12(9-14)10-17/h2-9H,10,17H2,1H3,(H,19,20). The van der Waals surface area contributed by atoms with E-state index in [1.165, 1.54) is 0 Å². The van der Waals surface area contributed by atoms with Crippen molar-refractivity contribution in [2.45, 2.75) is 13.5 Å². The molecule has 0 amide bonds. The highest BCUT2D eigenvalue weighted by molar-refractivity contribution is 5.82. The zero-order valence-corrected chi connectivity index (χ0v) is 11.3. The minimum atomic E-state index is 0.530. The number of hydrogen-bond donors (Lipinski definition) is 2. The summed E-state index contributed by atoms with van der Waals surface area (Å²) >= 11 is 0. The van der Waals surface area contributed by atoms with E-state index in [4.69, 9.17) is 5.73 Å². The molecule has 0 fully saturated rings. The number of hydrogen-bond acceptors (Lipinski definition) is 3. The van der Waals surface area contributed by atoms with Gasteiger partial charge in [0.05, 0.1) is 0 Å². The summed E-state index contributed by atoms with van der Waals surface area (Å²) in [6.45, 7) is 2.56. The molecule has 2 heterocycles. The number of pyridine rings is 1. The zero-order valence-electron chi connectivity index (χ0n) is 11.3. The van der Waals surface area contributed by atoms with E-state index in [1.54, 1.807) is 12.4 Å². The molecule has 1 aromatic carbocycles. The minimum Gasteiger partial charge on any atom is -0.326 e. The van der Waals surface area contributed by atoms with E-state index >= 15 is 0 Å². The van der Waals surface area contributed by atoms with Crippen LogP contribution in [0.15, 0.2) is 48.8 Å². The highest BCUT2D eigenvalue weighted by Crippen LogP contribution is 2.32. The number of nitrogens with one attached hydrogen (secondary N) is 1. The number of aryl methyl sites for hydroxylation is 1. The topological polar surface area (TPSA) is 67.6 Å². The quantitative estimate of drug-likeness (QED) is 0.764. The van der Waals surface area contributed by atoms with E-state index in [2.05, 4.69) is 27.3 Å². The maximum atomic E-state index is 5.71. The number of aromatic nitrogens is 3. The molecule has 2 aromatic heterocycles. The van der Waals surface area contributed by atoms with Crippen molar-refractivity contribution in [1.82, 2.24) is 15.2 Å². The average Bonchev–Trinajstić information content (AvgIpc) is 2.90. The van der Waals surface area contributed by atoms with Crippen LogP contribution in [0.5, 0.6) is 0 Å². The van der Waals surface area contributed by atoms with Crippen LogP contribution in [0, 0.1) is 6.92 Å². The maximum absolute atomic E-state index is 5.71. The van der Waals surface area contributed by atoms with Gasteiger partial charge in [0.25, 0.3) is 0 Å². The van der Waals surface area contributed by atoms with Gasteiger partial charge in [0.1, 0.15) is 5.69 Å². The summed E-state index contributed by atoms with van der Waals surface area (Å²) < 4.78 is 0. The Balaban J connectivity index is 2.16. The molecule has 0 aliphatic heterocycles. The highest BCUT2D eigenvalue weighted by atomic mass is 15.1. The molecule has 3 aromatic rings. The largest absolute Gasteiger partial charge is 0.326 e. The summed E-state index contributed by atoms with van der Waals surface area (Å²) in [5.74, 6) is 0. The summed E-state index contributed by atoms with van der Waals surface area (Å²) in [5, 5.41) is 7.52. The van der Waals surface area contributed by atoms with Gasteiger partial charge < -0.3 is 5.73 Å². The van der Waals surface area contributed by atoms with Crippen molar-refractivity contribution in [2.24, 2.45) is 5.73 Å². The molecule has 4 nitrogen and oxygen atoms in total. The Morgan fingerprint density at radius 3 is 2.65 bits per heavy atom. The van der Waals surface area contributed by atoms with Crippen molar-refractivity contribution < 1.29 is 0 Å². The second kappa shape index (κ2) is 5.27. The molecule has 4 heteroatoms. The molecule has 20 heavy (non-hydrogen) atoms. The normalized spacial score (nSPS) is 10.7. The first kappa shape index (κ1) is 12.6. The monoisotopic (exact) mass is 264 g/mol. The highest BCUT2D eigenvalue weighted by Gasteiger charge is 2.14. The lowest BCUT2D eigenvalue weighted by Gasteiger charge is -2.05. The SMILES string of the molecule is Cc1[nH]nc(-c2cccc(CN)c2)c1-c1ccncc1. The number of aromatic amines is 1. The molecule has 0 atom stereocenters. The van der Waals surface area contributed by atoms with Gasteiger partial charge in [-0.05, 0) is 36.2 Å². The molecule has 100 valence electrons. The third kappa shape index (κ3) is 2.21. The van der Waals surface area contributed by atoms with Crippen LogP contribution in [0.1, 0.15) is 11.3 Å². The number of rotatable bonds is 3. The van der Waals surface area contributed by atoms with Crippen LogP contribution in [-0.4, -0.2) is 15.2 Å². The van der Waals surface area contributed by atoms with Crippen molar-refractivity contribution in [2.75, 3.05) is 0 Å². The Labute approximate surface area is 117 Å². The lowest BCUT2D eigenvalue weighted by molar-refractivity contribution is 1.05. The molecule has 0 aliphatic carbocycles. The summed E-state index contributed by atoms with van der Waals surface area (Å²) in [6, 6.07) is 12.2. The van der Waals surface area contributed by atoms with Gasteiger partial charge >= 0.3 is 0 Å². The van der Waals surface area contributed by atoms with Crippen LogP contribution in [0.3, 0.4) is 0 Å². The molecular formula is C16H16N4. The molecule has 0 aliphatic rings. The van der Waals surface area contributed by atoms with E-state index in [1.807, 2.05) is 31.2 Å². The Hall–Kier alpha value is -2.46. The Morgan fingerprint density at radius 2 is 1.90 bits per heavy atom. The fraction of sp³-hybridized carbons (Fsp3) is 0.125. The van der Waals surface area contributed by atoms with Gasteiger partial charge in [-0.1, -0.05) is 18.2 Å². The van der Waals surface area contributed by atoms with Crippen LogP contribution in [-0.2, 0) is 6.54 Å². The Morgan fingerprint density at radius 1 is 1.10 bits per heavy atom. The molecule has 3 rings (SSSR count). The predicted molar refractivity (Wildman–Crippen MR) is 79.9 cm³/mol. The fourth-order valence-electron chi connectivity index (χ4n) is 2.36. The van der Waals surface area contributed by atoms with Gasteiger partial charge in [-0.25, -0.2) is 0 Å². The fourth-order valence-corrected chi connectivity index (χ4v) is 2.36. The second-order valence-electron chi connectivity index (χ2n) is 4.71. The van der Waals surface area contributed by atoms with E-state index in [0.717, 1.165) is 33.6 Å². The van der Waals surface area contributed by atoms with Crippen molar-refractivity contribution in [3.05, 3.63) is 60.0 Å². The number of H-pyrrole nitrogens is 1. The summed E-state index contributed by atoms with van der Waals surface area (Å²) in [5.41, 5.74) is 12.1. The maximum Gasteiger partial charge on any atom is 0.100 e. The summed E-state index contributed by atoms with van der Waals surface area (Å²) in [6.07, 6.45) is 3.59. The molecule has 0 radical (unpaired) electrons. The van der Waals surface area contributed by atoms with Crippen molar-refractivity contribution in [1.29, 1.82) is 0 Å². The van der Waals surface area contributed by atoms with E-state index in [9.17, 15) is 0 Å². The van der Waals surface area contributed by atoms with Crippen LogP contribution in [0.25, 0.3) is 22.4 Å². The number of benzene rings is 1. The van der Waals surface area contributed by atoms with Crippen molar-refractivity contribution in [3.63, 3.8) is 0 Å². The van der Waals surface area contributed by atoms with Gasteiger partial charge in [-0.2, -0.15) is 5.10 Å². The van der Waals surface area contributed by atoms with Gasteiger partial charge in [-0.3, -0.25) is 10.1 Å². The van der Waals surface area contributed by atoms with Crippen LogP contribution in [0.4, 0.5) is 0 Å². The third-order valence-corrected chi connectivity index (χ3v) is 3.35. The smallest absolute Gasteiger partial charge is 0.100 e. The molecule has 0 unspecified atom stereocenters. The summed E-state index contributed by atoms with van der Waals surface area (Å²) in [7, 11) is 0. The second-order valence-corrected chi connectivity index (χ2v) is 4.71. The van der Waals surface area contributed by atoms with Crippen LogP contribution < -0.4 is 5.73 Å². The van der Waals surface area contributed by atoms with E-state index in [0.29, 0.717) is 6.54 Å². The van der Waals surface area contributed by atoms with E-state index in [-0.39, 0.29) is 0 Å². The van der Waals surface area contributed by atoms with Gasteiger partial charge in [-0.15, -0.1) is 0 Å². The molecule has 0 saturated carbocycles. The zero-order chi connectivity index (χ0) is 13.9. The van der Waals surface area contributed by atoms with Gasteiger partial charge in [0.15, 0.2) is 0 Å². The van der Waals surface area contributed by atoms with Crippen LogP contribution in [0.2, 0.25) is 0 Å². The number of nitrogens with zero attached hydrogens (tertiary/aromatic N) is 2. The predicted octanol–water partition coefficient (Wildman–Crippen LogP) is 2.91. The average molecular weight is 264 g/mol. The van der Waals surface area contributed by atoms with Crippen molar-refractivity contribution >= 4 is 0 Å². The summed E-state index contributed by atoms with van der Waals surface area (Å²) in [4.78, 5) is 4.07. The molecular weight excluding hydrogens is 248 g/mol.